The van der Waals surface area contributed by atoms with Crippen molar-refractivity contribution in [2.45, 2.75) is 6.42 Å². The van der Waals surface area contributed by atoms with Gasteiger partial charge in [0.1, 0.15) is 0 Å². The van der Waals surface area contributed by atoms with Gasteiger partial charge in [-0.05, 0) is 30.2 Å². The maximum Gasteiger partial charge on any atom is 0.0588 e. The zero-order chi connectivity index (χ0) is 12.1. The number of hydrogen-bond acceptors (Lipinski definition) is 2. The highest BCUT2D eigenvalue weighted by atomic mass is 35.5. The second-order valence-electron chi connectivity index (χ2n) is 3.89. The number of nitrogen functional groups attached to an aromatic ring is 1. The minimum atomic E-state index is 0.696. The smallest absolute Gasteiger partial charge is 0.0588 e. The lowest BCUT2D eigenvalue weighted by Crippen LogP contribution is -2.06. The number of anilines is 2. The number of halogens is 1. The molecule has 0 heterocycles. The predicted octanol–water partition coefficient (Wildman–Crippen LogP) is 3.58. The van der Waals surface area contributed by atoms with E-state index in [1.807, 2.05) is 30.3 Å². The molecule has 0 aliphatic rings. The van der Waals surface area contributed by atoms with Crippen LogP contribution in [0.5, 0.6) is 0 Å². The van der Waals surface area contributed by atoms with Crippen molar-refractivity contribution in [3.05, 3.63) is 59.1 Å². The van der Waals surface area contributed by atoms with E-state index in [1.165, 1.54) is 5.56 Å². The molecule has 0 aliphatic heterocycles. The van der Waals surface area contributed by atoms with Gasteiger partial charge in [0.25, 0.3) is 0 Å². The van der Waals surface area contributed by atoms with E-state index in [0.29, 0.717) is 5.02 Å². The molecule has 0 aromatic heterocycles. The van der Waals surface area contributed by atoms with E-state index in [1.54, 1.807) is 6.07 Å². The fourth-order valence-electron chi connectivity index (χ4n) is 1.67. The maximum atomic E-state index is 5.92. The second kappa shape index (κ2) is 5.60. The lowest BCUT2D eigenvalue weighted by molar-refractivity contribution is 1.02. The molecular weight excluding hydrogens is 232 g/mol. The summed E-state index contributed by atoms with van der Waals surface area (Å²) in [6.45, 7) is 0.842. The van der Waals surface area contributed by atoms with E-state index >= 15 is 0 Å². The average Bonchev–Trinajstić information content (AvgIpc) is 2.35. The van der Waals surface area contributed by atoms with Crippen molar-refractivity contribution >= 4 is 23.0 Å². The lowest BCUT2D eigenvalue weighted by Gasteiger charge is -2.09. The summed E-state index contributed by atoms with van der Waals surface area (Å²) in [7, 11) is 0. The van der Waals surface area contributed by atoms with Crippen LogP contribution >= 0.6 is 11.6 Å². The van der Waals surface area contributed by atoms with Crippen molar-refractivity contribution in [2.24, 2.45) is 0 Å². The van der Waals surface area contributed by atoms with Gasteiger partial charge in [0.05, 0.1) is 11.4 Å². The van der Waals surface area contributed by atoms with Gasteiger partial charge in [0.15, 0.2) is 0 Å². The number of rotatable bonds is 4. The minimum absolute atomic E-state index is 0.696. The summed E-state index contributed by atoms with van der Waals surface area (Å²) in [5.74, 6) is 0. The van der Waals surface area contributed by atoms with E-state index in [2.05, 4.69) is 17.4 Å². The molecule has 0 radical (unpaired) electrons. The lowest BCUT2D eigenvalue weighted by atomic mass is 10.1. The molecule has 0 atom stereocenters. The van der Waals surface area contributed by atoms with Crippen molar-refractivity contribution in [3.8, 4) is 0 Å². The topological polar surface area (TPSA) is 38.0 Å². The van der Waals surface area contributed by atoms with Crippen LogP contribution in [0.1, 0.15) is 5.56 Å². The van der Waals surface area contributed by atoms with Gasteiger partial charge in [-0.2, -0.15) is 0 Å². The first-order chi connectivity index (χ1) is 8.25. The van der Waals surface area contributed by atoms with Gasteiger partial charge in [0.2, 0.25) is 0 Å². The second-order valence-corrected chi connectivity index (χ2v) is 4.33. The molecule has 0 fully saturated rings. The third-order valence-electron chi connectivity index (χ3n) is 2.59. The predicted molar refractivity (Wildman–Crippen MR) is 74.5 cm³/mol. The first-order valence-electron chi connectivity index (χ1n) is 5.58. The zero-order valence-electron chi connectivity index (χ0n) is 9.49. The Morgan fingerprint density at radius 1 is 1.06 bits per heavy atom. The number of hydrogen-bond donors (Lipinski definition) is 2. The highest BCUT2D eigenvalue weighted by molar-refractivity contribution is 6.31. The zero-order valence-corrected chi connectivity index (χ0v) is 10.2. The highest BCUT2D eigenvalue weighted by Crippen LogP contribution is 2.22. The molecule has 0 saturated heterocycles. The van der Waals surface area contributed by atoms with Gasteiger partial charge in [-0.3, -0.25) is 0 Å². The van der Waals surface area contributed by atoms with Crippen LogP contribution in [0.25, 0.3) is 0 Å². The molecule has 3 N–H and O–H groups in total. The molecule has 0 saturated carbocycles. The quantitative estimate of drug-likeness (QED) is 0.810. The Hall–Kier alpha value is -1.67. The Bertz CT molecular complexity index is 483. The van der Waals surface area contributed by atoms with Gasteiger partial charge >= 0.3 is 0 Å². The molecule has 3 heteroatoms. The van der Waals surface area contributed by atoms with E-state index in [0.717, 1.165) is 24.3 Å². The summed E-state index contributed by atoms with van der Waals surface area (Å²) in [6.07, 6.45) is 0.965. The van der Waals surface area contributed by atoms with Crippen LogP contribution in [0, 0.1) is 0 Å². The van der Waals surface area contributed by atoms with Gasteiger partial charge in [0, 0.05) is 11.6 Å². The average molecular weight is 247 g/mol. The van der Waals surface area contributed by atoms with Crippen molar-refractivity contribution < 1.29 is 0 Å². The van der Waals surface area contributed by atoms with Gasteiger partial charge in [-0.1, -0.05) is 41.9 Å². The molecule has 2 aromatic rings. The largest absolute Gasteiger partial charge is 0.397 e. The van der Waals surface area contributed by atoms with Crippen molar-refractivity contribution in [2.75, 3.05) is 17.6 Å². The van der Waals surface area contributed by atoms with E-state index in [9.17, 15) is 0 Å². The van der Waals surface area contributed by atoms with Crippen molar-refractivity contribution in [1.29, 1.82) is 0 Å². The van der Waals surface area contributed by atoms with Crippen LogP contribution in [0.3, 0.4) is 0 Å². The Balaban J connectivity index is 1.92. The van der Waals surface area contributed by atoms with Gasteiger partial charge in [-0.15, -0.1) is 0 Å². The monoisotopic (exact) mass is 246 g/mol. The van der Waals surface area contributed by atoms with Crippen LogP contribution in [0.2, 0.25) is 5.02 Å². The Morgan fingerprint density at radius 2 is 1.82 bits per heavy atom. The van der Waals surface area contributed by atoms with Crippen LogP contribution < -0.4 is 11.1 Å². The summed E-state index contributed by atoms with van der Waals surface area (Å²) < 4.78 is 0. The van der Waals surface area contributed by atoms with E-state index in [-0.39, 0.29) is 0 Å². The fraction of sp³-hybridized carbons (Fsp3) is 0.143. The van der Waals surface area contributed by atoms with Crippen LogP contribution in [-0.4, -0.2) is 6.54 Å². The molecule has 2 aromatic carbocycles. The number of benzene rings is 2. The minimum Gasteiger partial charge on any atom is -0.397 e. The highest BCUT2D eigenvalue weighted by Gasteiger charge is 1.99. The third kappa shape index (κ3) is 3.40. The molecule has 88 valence electrons. The molecule has 0 bridgehead atoms. The fourth-order valence-corrected chi connectivity index (χ4v) is 1.84. The van der Waals surface area contributed by atoms with Crippen molar-refractivity contribution in [1.82, 2.24) is 0 Å². The summed E-state index contributed by atoms with van der Waals surface area (Å²) in [4.78, 5) is 0. The molecule has 0 unspecified atom stereocenters. The molecule has 0 amide bonds. The summed E-state index contributed by atoms with van der Waals surface area (Å²) in [5, 5.41) is 3.99. The Morgan fingerprint density at radius 3 is 2.59 bits per heavy atom. The molecule has 0 aliphatic carbocycles. The summed E-state index contributed by atoms with van der Waals surface area (Å²) >= 11 is 5.92. The molecule has 0 spiro atoms. The molecule has 2 nitrogen and oxygen atoms in total. The van der Waals surface area contributed by atoms with Gasteiger partial charge < -0.3 is 11.1 Å². The maximum absolute atomic E-state index is 5.92. The SMILES string of the molecule is Nc1ccc(Cl)cc1NCCc1ccccc1. The van der Waals surface area contributed by atoms with E-state index < -0.39 is 0 Å². The Labute approximate surface area is 106 Å². The molecular formula is C14H15ClN2. The first-order valence-corrected chi connectivity index (χ1v) is 5.96. The van der Waals surface area contributed by atoms with E-state index in [4.69, 9.17) is 17.3 Å². The normalized spacial score (nSPS) is 10.2. The third-order valence-corrected chi connectivity index (χ3v) is 2.82. The molecule has 2 rings (SSSR count). The summed E-state index contributed by atoms with van der Waals surface area (Å²) in [6, 6.07) is 15.8. The Kier molecular flexibility index (Phi) is 3.89. The van der Waals surface area contributed by atoms with Crippen LogP contribution in [0.15, 0.2) is 48.5 Å². The first kappa shape index (κ1) is 11.8. The number of nitrogens with one attached hydrogen (secondary N) is 1. The standard InChI is InChI=1S/C14H15ClN2/c15-12-6-7-13(16)14(10-12)17-9-8-11-4-2-1-3-5-11/h1-7,10,17H,8-9,16H2. The summed E-state index contributed by atoms with van der Waals surface area (Å²) in [5.41, 5.74) is 8.78. The van der Waals surface area contributed by atoms with Crippen LogP contribution in [-0.2, 0) is 6.42 Å². The van der Waals surface area contributed by atoms with Crippen LogP contribution in [0.4, 0.5) is 11.4 Å². The van der Waals surface area contributed by atoms with Crippen molar-refractivity contribution in [3.63, 3.8) is 0 Å². The number of nitrogens with two attached hydrogens (primary N) is 1. The van der Waals surface area contributed by atoms with Gasteiger partial charge in [-0.25, -0.2) is 0 Å². The molecule has 17 heavy (non-hydrogen) atoms.